The SMILES string of the molecule is CN(C)CCN(C)C(=O)Cc1ccc(-c2cc(C([NH])=O)ccc2-c2ccccc2)cc1. The molecular weight excluding hydrogens is 386 g/mol. The van der Waals surface area contributed by atoms with Crippen LogP contribution >= 0.6 is 0 Å². The van der Waals surface area contributed by atoms with E-state index >= 15 is 0 Å². The molecule has 0 spiro atoms. The van der Waals surface area contributed by atoms with Gasteiger partial charge in [-0.2, -0.15) is 0 Å². The van der Waals surface area contributed by atoms with E-state index in [0.29, 0.717) is 18.5 Å². The number of nitrogens with zero attached hydrogens (tertiary/aromatic N) is 2. The van der Waals surface area contributed by atoms with Gasteiger partial charge in [-0.25, -0.2) is 0 Å². The van der Waals surface area contributed by atoms with Gasteiger partial charge in [-0.05, 0) is 54.0 Å². The summed E-state index contributed by atoms with van der Waals surface area (Å²) in [4.78, 5) is 27.9. The fraction of sp³-hybridized carbons (Fsp3) is 0.231. The van der Waals surface area contributed by atoms with Crippen LogP contribution in [-0.4, -0.2) is 55.8 Å². The second-order valence-corrected chi connectivity index (χ2v) is 7.95. The maximum atomic E-state index is 12.5. The van der Waals surface area contributed by atoms with Crippen molar-refractivity contribution in [2.45, 2.75) is 6.42 Å². The van der Waals surface area contributed by atoms with Gasteiger partial charge in [0.05, 0.1) is 6.42 Å². The molecule has 159 valence electrons. The van der Waals surface area contributed by atoms with Crippen LogP contribution < -0.4 is 5.73 Å². The standard InChI is InChI=1S/C26H28N3O2/c1-28(2)15-16-29(3)25(30)17-19-9-11-21(12-10-19)24-18-22(26(27)31)13-14-23(24)20-7-5-4-6-8-20/h4-14,18,27H,15-17H2,1-3H3. The maximum Gasteiger partial charge on any atom is 0.269 e. The minimum absolute atomic E-state index is 0.0846. The van der Waals surface area contributed by atoms with Crippen molar-refractivity contribution in [1.29, 1.82) is 0 Å². The lowest BCUT2D eigenvalue weighted by atomic mass is 9.92. The first kappa shape index (κ1) is 22.2. The van der Waals surface area contributed by atoms with E-state index in [9.17, 15) is 9.59 Å². The summed E-state index contributed by atoms with van der Waals surface area (Å²) in [5.74, 6) is -0.620. The molecule has 0 saturated heterocycles. The quantitative estimate of drug-likeness (QED) is 0.559. The average Bonchev–Trinajstić information content (AvgIpc) is 2.78. The normalized spacial score (nSPS) is 10.8. The van der Waals surface area contributed by atoms with Gasteiger partial charge in [0.15, 0.2) is 0 Å². The third-order valence-corrected chi connectivity index (χ3v) is 5.30. The fourth-order valence-electron chi connectivity index (χ4n) is 3.38. The van der Waals surface area contributed by atoms with Gasteiger partial charge < -0.3 is 9.80 Å². The van der Waals surface area contributed by atoms with Crippen molar-refractivity contribution >= 4 is 11.8 Å². The zero-order chi connectivity index (χ0) is 22.4. The Morgan fingerprint density at radius 3 is 2.03 bits per heavy atom. The van der Waals surface area contributed by atoms with Crippen molar-refractivity contribution in [2.24, 2.45) is 0 Å². The van der Waals surface area contributed by atoms with Crippen LogP contribution in [0.1, 0.15) is 15.9 Å². The Kier molecular flexibility index (Phi) is 7.21. The predicted molar refractivity (Wildman–Crippen MR) is 125 cm³/mol. The highest BCUT2D eigenvalue weighted by molar-refractivity contribution is 5.96. The highest BCUT2D eigenvalue weighted by Crippen LogP contribution is 2.33. The van der Waals surface area contributed by atoms with Gasteiger partial charge in [0.2, 0.25) is 5.91 Å². The second-order valence-electron chi connectivity index (χ2n) is 7.95. The zero-order valence-corrected chi connectivity index (χ0v) is 18.3. The van der Waals surface area contributed by atoms with Crippen LogP contribution in [0.3, 0.4) is 0 Å². The molecular formula is C26H28N3O2. The Hall–Kier alpha value is -3.44. The van der Waals surface area contributed by atoms with Gasteiger partial charge in [-0.15, -0.1) is 0 Å². The summed E-state index contributed by atoms with van der Waals surface area (Å²) in [7, 11) is 5.81. The van der Waals surface area contributed by atoms with E-state index in [-0.39, 0.29) is 5.91 Å². The Morgan fingerprint density at radius 1 is 0.774 bits per heavy atom. The first-order valence-electron chi connectivity index (χ1n) is 10.3. The number of nitrogens with one attached hydrogen (secondary N) is 1. The summed E-state index contributed by atoms with van der Waals surface area (Å²) in [5, 5.41) is 0. The first-order chi connectivity index (χ1) is 14.8. The van der Waals surface area contributed by atoms with Crippen LogP contribution in [0, 0.1) is 0 Å². The van der Waals surface area contributed by atoms with Crippen molar-refractivity contribution in [3.63, 3.8) is 0 Å². The Labute approximate surface area is 184 Å². The minimum Gasteiger partial charge on any atom is -0.344 e. The fourth-order valence-corrected chi connectivity index (χ4v) is 3.38. The zero-order valence-electron chi connectivity index (χ0n) is 18.3. The number of benzene rings is 3. The Bertz CT molecular complexity index is 1040. The Morgan fingerprint density at radius 2 is 1.42 bits per heavy atom. The van der Waals surface area contributed by atoms with E-state index in [2.05, 4.69) is 4.90 Å². The van der Waals surface area contributed by atoms with Gasteiger partial charge in [0.1, 0.15) is 0 Å². The van der Waals surface area contributed by atoms with Crippen molar-refractivity contribution in [3.05, 3.63) is 83.9 Å². The van der Waals surface area contributed by atoms with Crippen LogP contribution in [0.15, 0.2) is 72.8 Å². The topological polar surface area (TPSA) is 64.4 Å². The molecule has 2 amide bonds. The van der Waals surface area contributed by atoms with Crippen LogP contribution in [0.2, 0.25) is 0 Å². The second kappa shape index (κ2) is 10.0. The van der Waals surface area contributed by atoms with E-state index in [1.54, 1.807) is 17.0 Å². The molecule has 0 fully saturated rings. The van der Waals surface area contributed by atoms with Crippen LogP contribution in [0.4, 0.5) is 0 Å². The lowest BCUT2D eigenvalue weighted by Crippen LogP contribution is -2.34. The molecule has 1 radical (unpaired) electrons. The van der Waals surface area contributed by atoms with Crippen LogP contribution in [-0.2, 0) is 11.2 Å². The molecule has 31 heavy (non-hydrogen) atoms. The van der Waals surface area contributed by atoms with Crippen molar-refractivity contribution in [2.75, 3.05) is 34.2 Å². The van der Waals surface area contributed by atoms with Gasteiger partial charge in [0.25, 0.3) is 5.91 Å². The van der Waals surface area contributed by atoms with E-state index in [0.717, 1.165) is 34.4 Å². The summed E-state index contributed by atoms with van der Waals surface area (Å²) < 4.78 is 0. The smallest absolute Gasteiger partial charge is 0.269 e. The molecule has 0 aromatic heterocycles. The predicted octanol–water partition coefficient (Wildman–Crippen LogP) is 4.01. The molecule has 0 heterocycles. The monoisotopic (exact) mass is 414 g/mol. The van der Waals surface area contributed by atoms with Crippen molar-refractivity contribution in [1.82, 2.24) is 15.5 Å². The molecule has 0 aliphatic rings. The summed E-state index contributed by atoms with van der Waals surface area (Å²) >= 11 is 0. The number of amides is 2. The molecule has 0 aliphatic carbocycles. The lowest BCUT2D eigenvalue weighted by Gasteiger charge is -2.19. The van der Waals surface area contributed by atoms with Crippen LogP contribution in [0.25, 0.3) is 22.3 Å². The van der Waals surface area contributed by atoms with E-state index in [1.165, 1.54) is 0 Å². The number of carbonyl (C=O) groups excluding carboxylic acids is 2. The average molecular weight is 415 g/mol. The number of carbonyl (C=O) groups is 2. The highest BCUT2D eigenvalue weighted by atomic mass is 16.2. The Balaban J connectivity index is 1.85. The van der Waals surface area contributed by atoms with E-state index < -0.39 is 5.91 Å². The molecule has 3 aromatic rings. The van der Waals surface area contributed by atoms with E-state index in [4.69, 9.17) is 5.73 Å². The van der Waals surface area contributed by atoms with E-state index in [1.807, 2.05) is 81.8 Å². The molecule has 0 unspecified atom stereocenters. The van der Waals surface area contributed by atoms with Gasteiger partial charge in [-0.3, -0.25) is 15.3 Å². The summed E-state index contributed by atoms with van der Waals surface area (Å²) in [6.07, 6.45) is 0.348. The third kappa shape index (κ3) is 5.80. The van der Waals surface area contributed by atoms with Crippen LogP contribution in [0.5, 0.6) is 0 Å². The molecule has 1 N–H and O–H groups in total. The molecule has 5 heteroatoms. The first-order valence-corrected chi connectivity index (χ1v) is 10.3. The number of hydrogen-bond donors (Lipinski definition) is 0. The van der Waals surface area contributed by atoms with Gasteiger partial charge in [-0.1, -0.05) is 60.7 Å². The van der Waals surface area contributed by atoms with Gasteiger partial charge in [0, 0.05) is 25.7 Å². The summed E-state index contributed by atoms with van der Waals surface area (Å²) in [6.45, 7) is 1.52. The molecule has 0 atom stereocenters. The molecule has 5 nitrogen and oxygen atoms in total. The summed E-state index contributed by atoms with van der Waals surface area (Å²) in [6, 6.07) is 23.2. The highest BCUT2D eigenvalue weighted by Gasteiger charge is 2.13. The maximum absolute atomic E-state index is 12.5. The molecule has 0 saturated carbocycles. The van der Waals surface area contributed by atoms with Gasteiger partial charge >= 0.3 is 0 Å². The number of hydrogen-bond acceptors (Lipinski definition) is 3. The largest absolute Gasteiger partial charge is 0.344 e. The van der Waals surface area contributed by atoms with Crippen molar-refractivity contribution < 1.29 is 9.59 Å². The molecule has 0 aliphatic heterocycles. The van der Waals surface area contributed by atoms with Crippen molar-refractivity contribution in [3.8, 4) is 22.3 Å². The number of rotatable bonds is 8. The number of likely N-dealkylation sites (N-methyl/N-ethyl adjacent to an activating group) is 2. The third-order valence-electron chi connectivity index (χ3n) is 5.30. The molecule has 0 bridgehead atoms. The summed E-state index contributed by atoms with van der Waals surface area (Å²) in [5.41, 5.74) is 12.7. The lowest BCUT2D eigenvalue weighted by molar-refractivity contribution is -0.129. The molecule has 3 rings (SSSR count). The molecule has 3 aromatic carbocycles. The minimum atomic E-state index is -0.705.